The summed E-state index contributed by atoms with van der Waals surface area (Å²) in [5.74, 6) is 1.19. The summed E-state index contributed by atoms with van der Waals surface area (Å²) in [5.41, 5.74) is 2.66. The minimum Gasteiger partial charge on any atom is -0.382 e. The van der Waals surface area contributed by atoms with Crippen LogP contribution in [0.25, 0.3) is 11.2 Å². The summed E-state index contributed by atoms with van der Waals surface area (Å²) >= 11 is 6.01. The molecule has 0 saturated carbocycles. The van der Waals surface area contributed by atoms with Crippen LogP contribution in [0.5, 0.6) is 0 Å². The third-order valence-electron chi connectivity index (χ3n) is 3.04. The number of aromatic nitrogens is 3. The van der Waals surface area contributed by atoms with Gasteiger partial charge in [0.15, 0.2) is 5.65 Å². The third-order valence-corrected chi connectivity index (χ3v) is 3.28. The Bertz CT molecular complexity index is 563. The van der Waals surface area contributed by atoms with E-state index in [1.807, 2.05) is 13.0 Å². The lowest BCUT2D eigenvalue weighted by atomic mass is 10.1. The Hall–Kier alpha value is -1.13. The van der Waals surface area contributed by atoms with Crippen LogP contribution < -0.4 is 0 Å². The largest absolute Gasteiger partial charge is 0.382 e. The van der Waals surface area contributed by atoms with Crippen LogP contribution in [0.2, 0.25) is 0 Å². The van der Waals surface area contributed by atoms with Crippen LogP contribution in [0, 0.1) is 6.92 Å². The molecule has 2 rings (SSSR count). The van der Waals surface area contributed by atoms with Crippen molar-refractivity contribution in [3.8, 4) is 0 Å². The van der Waals surface area contributed by atoms with E-state index in [2.05, 4.69) is 28.4 Å². The van der Waals surface area contributed by atoms with Crippen molar-refractivity contribution >= 4 is 22.8 Å². The van der Waals surface area contributed by atoms with E-state index >= 15 is 0 Å². The molecule has 0 spiro atoms. The first kappa shape index (κ1) is 13.3. The Balaban J connectivity index is 2.71. The molecule has 0 unspecified atom stereocenters. The first-order valence-corrected chi connectivity index (χ1v) is 6.43. The topological polar surface area (TPSA) is 39.9 Å². The van der Waals surface area contributed by atoms with Crippen molar-refractivity contribution in [3.63, 3.8) is 0 Å². The normalized spacial score (nSPS) is 12.3. The maximum atomic E-state index is 6.01. The molecule has 0 atom stereocenters. The minimum absolute atomic E-state index is 0.228. The SMILES string of the molecule is COCC(C)(C)n1c(CCl)nc2c(C)ccnc21. The highest BCUT2D eigenvalue weighted by atomic mass is 35.5. The standard InChI is InChI=1S/C13H18ClN3O/c1-9-5-6-15-12-11(9)16-10(7-14)17(12)13(2,3)8-18-4/h5-6H,7-8H2,1-4H3. The van der Waals surface area contributed by atoms with E-state index in [4.69, 9.17) is 16.3 Å². The van der Waals surface area contributed by atoms with Crippen LogP contribution in [0.3, 0.4) is 0 Å². The van der Waals surface area contributed by atoms with Gasteiger partial charge in [0.1, 0.15) is 11.3 Å². The second-order valence-electron chi connectivity index (χ2n) is 5.04. The van der Waals surface area contributed by atoms with Gasteiger partial charge in [0.25, 0.3) is 0 Å². The average Bonchev–Trinajstić information content (AvgIpc) is 2.69. The molecule has 5 heteroatoms. The molecule has 0 radical (unpaired) electrons. The Morgan fingerprint density at radius 1 is 1.44 bits per heavy atom. The van der Waals surface area contributed by atoms with Crippen LogP contribution >= 0.6 is 11.6 Å². The molecule has 0 saturated heterocycles. The molecule has 98 valence electrons. The molecule has 4 nitrogen and oxygen atoms in total. The van der Waals surface area contributed by atoms with Crippen molar-refractivity contribution in [1.29, 1.82) is 0 Å². The van der Waals surface area contributed by atoms with Crippen molar-refractivity contribution in [2.24, 2.45) is 0 Å². The predicted molar refractivity (Wildman–Crippen MR) is 73.0 cm³/mol. The molecule has 0 aromatic carbocycles. The van der Waals surface area contributed by atoms with Gasteiger partial charge in [-0.05, 0) is 32.4 Å². The van der Waals surface area contributed by atoms with Crippen LogP contribution in [0.1, 0.15) is 25.2 Å². The molecule has 0 aliphatic rings. The molecule has 0 amide bonds. The van der Waals surface area contributed by atoms with Gasteiger partial charge in [0.2, 0.25) is 0 Å². The van der Waals surface area contributed by atoms with Crippen LogP contribution in [-0.2, 0) is 16.2 Å². The van der Waals surface area contributed by atoms with Gasteiger partial charge in [-0.3, -0.25) is 0 Å². The summed E-state index contributed by atoms with van der Waals surface area (Å²) in [7, 11) is 1.69. The summed E-state index contributed by atoms with van der Waals surface area (Å²) in [4.78, 5) is 9.04. The molecule has 2 aromatic rings. The number of rotatable bonds is 4. The predicted octanol–water partition coefficient (Wildman–Crippen LogP) is 2.86. The van der Waals surface area contributed by atoms with Crippen molar-refractivity contribution in [1.82, 2.24) is 14.5 Å². The summed E-state index contributed by atoms with van der Waals surface area (Å²) in [6, 6.07) is 1.96. The number of hydrogen-bond acceptors (Lipinski definition) is 3. The third kappa shape index (κ3) is 2.10. The lowest BCUT2D eigenvalue weighted by Crippen LogP contribution is -2.33. The molecule has 0 N–H and O–H groups in total. The van der Waals surface area contributed by atoms with E-state index in [9.17, 15) is 0 Å². The fraction of sp³-hybridized carbons (Fsp3) is 0.538. The van der Waals surface area contributed by atoms with E-state index in [1.165, 1.54) is 0 Å². The van der Waals surface area contributed by atoms with E-state index in [0.29, 0.717) is 12.5 Å². The van der Waals surface area contributed by atoms with Crippen molar-refractivity contribution in [3.05, 3.63) is 23.7 Å². The van der Waals surface area contributed by atoms with Gasteiger partial charge < -0.3 is 9.30 Å². The van der Waals surface area contributed by atoms with E-state index in [-0.39, 0.29) is 5.54 Å². The quantitative estimate of drug-likeness (QED) is 0.800. The monoisotopic (exact) mass is 267 g/mol. The summed E-state index contributed by atoms with van der Waals surface area (Å²) in [6.07, 6.45) is 1.80. The van der Waals surface area contributed by atoms with E-state index in [0.717, 1.165) is 22.6 Å². The van der Waals surface area contributed by atoms with Gasteiger partial charge in [-0.1, -0.05) is 0 Å². The Kier molecular flexibility index (Phi) is 3.59. The molecule has 0 fully saturated rings. The first-order valence-electron chi connectivity index (χ1n) is 5.89. The zero-order chi connectivity index (χ0) is 13.3. The number of halogens is 1. The highest BCUT2D eigenvalue weighted by Crippen LogP contribution is 2.26. The minimum atomic E-state index is -0.228. The van der Waals surface area contributed by atoms with Crippen molar-refractivity contribution in [2.75, 3.05) is 13.7 Å². The smallest absolute Gasteiger partial charge is 0.160 e. The number of nitrogens with zero attached hydrogens (tertiary/aromatic N) is 3. The fourth-order valence-electron chi connectivity index (χ4n) is 2.28. The highest BCUT2D eigenvalue weighted by Gasteiger charge is 2.26. The first-order chi connectivity index (χ1) is 8.51. The van der Waals surface area contributed by atoms with E-state index in [1.54, 1.807) is 13.3 Å². The molecule has 0 bridgehead atoms. The van der Waals surface area contributed by atoms with Gasteiger partial charge in [-0.15, -0.1) is 11.6 Å². The van der Waals surface area contributed by atoms with Crippen LogP contribution in [-0.4, -0.2) is 28.3 Å². The molecular weight excluding hydrogens is 250 g/mol. The Morgan fingerprint density at radius 2 is 2.17 bits per heavy atom. The molecule has 2 heterocycles. The molecule has 0 aliphatic heterocycles. The number of methoxy groups -OCH3 is 1. The lowest BCUT2D eigenvalue weighted by molar-refractivity contribution is 0.110. The fourth-order valence-corrected chi connectivity index (χ4v) is 2.46. The average molecular weight is 268 g/mol. The Morgan fingerprint density at radius 3 is 2.78 bits per heavy atom. The van der Waals surface area contributed by atoms with Gasteiger partial charge >= 0.3 is 0 Å². The van der Waals surface area contributed by atoms with Gasteiger partial charge in [0, 0.05) is 13.3 Å². The van der Waals surface area contributed by atoms with Crippen LogP contribution in [0.15, 0.2) is 12.3 Å². The number of fused-ring (bicyclic) bond motifs is 1. The van der Waals surface area contributed by atoms with Crippen molar-refractivity contribution in [2.45, 2.75) is 32.2 Å². The van der Waals surface area contributed by atoms with Gasteiger partial charge in [-0.25, -0.2) is 9.97 Å². The van der Waals surface area contributed by atoms with Gasteiger partial charge in [-0.2, -0.15) is 0 Å². The maximum absolute atomic E-state index is 6.01. The summed E-state index contributed by atoms with van der Waals surface area (Å²) < 4.78 is 7.36. The maximum Gasteiger partial charge on any atom is 0.160 e. The highest BCUT2D eigenvalue weighted by molar-refractivity contribution is 6.16. The lowest BCUT2D eigenvalue weighted by Gasteiger charge is -2.27. The number of pyridine rings is 1. The number of hydrogen-bond donors (Lipinski definition) is 0. The van der Waals surface area contributed by atoms with Crippen molar-refractivity contribution < 1.29 is 4.74 Å². The molecule has 0 aliphatic carbocycles. The van der Waals surface area contributed by atoms with E-state index < -0.39 is 0 Å². The number of ether oxygens (including phenoxy) is 1. The van der Waals surface area contributed by atoms with Crippen LogP contribution in [0.4, 0.5) is 0 Å². The second-order valence-corrected chi connectivity index (χ2v) is 5.31. The zero-order valence-corrected chi connectivity index (χ0v) is 12.0. The summed E-state index contributed by atoms with van der Waals surface area (Å²) in [5, 5.41) is 0. The number of alkyl halides is 1. The van der Waals surface area contributed by atoms with Gasteiger partial charge in [0.05, 0.1) is 18.0 Å². The Labute approximate surface area is 112 Å². The zero-order valence-electron chi connectivity index (χ0n) is 11.2. The molecular formula is C13H18ClN3O. The number of aryl methyl sites for hydroxylation is 1. The second kappa shape index (κ2) is 4.86. The summed E-state index contributed by atoms with van der Waals surface area (Å²) in [6.45, 7) is 6.80. The molecule has 18 heavy (non-hydrogen) atoms. The number of imidazole rings is 1. The molecule has 2 aromatic heterocycles.